The number of rotatable bonds is 7. The van der Waals surface area contributed by atoms with Crippen molar-refractivity contribution in [2.45, 2.75) is 20.0 Å². The Bertz CT molecular complexity index is 658. The van der Waals surface area contributed by atoms with Crippen LogP contribution in [0.25, 0.3) is 0 Å². The van der Waals surface area contributed by atoms with Crippen molar-refractivity contribution in [2.24, 2.45) is 0 Å². The van der Waals surface area contributed by atoms with Crippen LogP contribution in [0.5, 0.6) is 5.88 Å². The summed E-state index contributed by atoms with van der Waals surface area (Å²) in [5.41, 5.74) is 2.75. The van der Waals surface area contributed by atoms with E-state index in [0.29, 0.717) is 18.0 Å². The zero-order valence-corrected chi connectivity index (χ0v) is 13.9. The van der Waals surface area contributed by atoms with Crippen LogP contribution < -0.4 is 10.1 Å². The van der Waals surface area contributed by atoms with Crippen LogP contribution in [0, 0.1) is 0 Å². The molecule has 5 nitrogen and oxygen atoms in total. The second-order valence-corrected chi connectivity index (χ2v) is 5.39. The fraction of sp³-hybridized carbons (Fsp3) is 0.333. The fourth-order valence-electron chi connectivity index (χ4n) is 2.27. The molecule has 0 saturated heterocycles. The third kappa shape index (κ3) is 4.79. The Labute approximate surface area is 137 Å². The van der Waals surface area contributed by atoms with Crippen molar-refractivity contribution in [1.82, 2.24) is 15.2 Å². The van der Waals surface area contributed by atoms with E-state index >= 15 is 0 Å². The van der Waals surface area contributed by atoms with Crippen LogP contribution in [0.15, 0.2) is 42.6 Å². The number of pyridine rings is 1. The van der Waals surface area contributed by atoms with Gasteiger partial charge in [-0.25, -0.2) is 4.98 Å². The maximum absolute atomic E-state index is 12.3. The minimum Gasteiger partial charge on any atom is -0.480 e. The minimum atomic E-state index is -0.189. The number of carbonyl (C=O) groups is 1. The summed E-state index contributed by atoms with van der Waals surface area (Å²) >= 11 is 0. The number of carbonyl (C=O) groups excluding carboxylic acids is 1. The van der Waals surface area contributed by atoms with E-state index in [1.54, 1.807) is 18.3 Å². The summed E-state index contributed by atoms with van der Waals surface area (Å²) in [6, 6.07) is 11.7. The highest BCUT2D eigenvalue weighted by Gasteiger charge is 2.12. The summed E-state index contributed by atoms with van der Waals surface area (Å²) in [6.07, 6.45) is 1.60. The van der Waals surface area contributed by atoms with E-state index in [1.165, 1.54) is 12.7 Å². The van der Waals surface area contributed by atoms with E-state index in [2.05, 4.69) is 41.3 Å². The lowest BCUT2D eigenvalue weighted by Crippen LogP contribution is -2.23. The van der Waals surface area contributed by atoms with Crippen molar-refractivity contribution < 1.29 is 9.53 Å². The monoisotopic (exact) mass is 313 g/mol. The molecule has 0 saturated carbocycles. The molecule has 0 aliphatic carbocycles. The molecule has 1 aromatic heterocycles. The Kier molecular flexibility index (Phi) is 6.11. The van der Waals surface area contributed by atoms with Gasteiger partial charge in [0.25, 0.3) is 5.91 Å². The van der Waals surface area contributed by atoms with Crippen molar-refractivity contribution in [3.8, 4) is 5.88 Å². The van der Waals surface area contributed by atoms with Gasteiger partial charge in [0.1, 0.15) is 5.56 Å². The maximum Gasteiger partial charge on any atom is 0.257 e. The second kappa shape index (κ2) is 8.29. The predicted octanol–water partition coefficient (Wildman–Crippen LogP) is 2.47. The lowest BCUT2D eigenvalue weighted by molar-refractivity contribution is 0.0947. The maximum atomic E-state index is 12.3. The Morgan fingerprint density at radius 2 is 2.04 bits per heavy atom. The smallest absolute Gasteiger partial charge is 0.257 e. The number of hydrogen-bond donors (Lipinski definition) is 1. The van der Waals surface area contributed by atoms with Crippen LogP contribution in [-0.2, 0) is 13.1 Å². The molecule has 122 valence electrons. The van der Waals surface area contributed by atoms with Gasteiger partial charge in [0, 0.05) is 19.3 Å². The highest BCUT2D eigenvalue weighted by molar-refractivity contribution is 5.96. The lowest BCUT2D eigenvalue weighted by atomic mass is 10.1. The van der Waals surface area contributed by atoms with Crippen molar-refractivity contribution in [3.63, 3.8) is 0 Å². The van der Waals surface area contributed by atoms with E-state index in [1.807, 2.05) is 12.1 Å². The number of hydrogen-bond acceptors (Lipinski definition) is 4. The molecule has 0 radical (unpaired) electrons. The number of nitrogens with zero attached hydrogens (tertiary/aromatic N) is 2. The zero-order chi connectivity index (χ0) is 16.7. The summed E-state index contributed by atoms with van der Waals surface area (Å²) in [4.78, 5) is 18.5. The van der Waals surface area contributed by atoms with Gasteiger partial charge < -0.3 is 15.0 Å². The molecule has 1 aromatic carbocycles. The van der Waals surface area contributed by atoms with E-state index in [4.69, 9.17) is 4.74 Å². The molecular formula is C18H23N3O2. The third-order valence-corrected chi connectivity index (χ3v) is 3.65. The Hall–Kier alpha value is -2.40. The number of benzene rings is 1. The highest BCUT2D eigenvalue weighted by Crippen LogP contribution is 2.14. The van der Waals surface area contributed by atoms with Gasteiger partial charge in [0.2, 0.25) is 5.88 Å². The fourth-order valence-corrected chi connectivity index (χ4v) is 2.27. The van der Waals surface area contributed by atoms with Crippen LogP contribution >= 0.6 is 0 Å². The van der Waals surface area contributed by atoms with E-state index in [-0.39, 0.29) is 5.91 Å². The van der Waals surface area contributed by atoms with Gasteiger partial charge in [0.15, 0.2) is 0 Å². The first-order valence-corrected chi connectivity index (χ1v) is 7.67. The van der Waals surface area contributed by atoms with E-state index < -0.39 is 0 Å². The number of ether oxygens (including phenoxy) is 1. The van der Waals surface area contributed by atoms with Gasteiger partial charge >= 0.3 is 0 Å². The van der Waals surface area contributed by atoms with Crippen LogP contribution in [0.3, 0.4) is 0 Å². The topological polar surface area (TPSA) is 54.5 Å². The molecule has 23 heavy (non-hydrogen) atoms. The zero-order valence-electron chi connectivity index (χ0n) is 13.9. The standard InChI is InChI=1S/C18H23N3O2/c1-4-21(2)13-15-8-5-7-14(11-15)12-20-17(22)16-9-6-10-19-18(16)23-3/h5-11H,4,12-13H2,1-3H3,(H,20,22). The molecule has 0 fully saturated rings. The average molecular weight is 313 g/mol. The minimum absolute atomic E-state index is 0.189. The molecule has 0 unspecified atom stereocenters. The second-order valence-electron chi connectivity index (χ2n) is 5.39. The SMILES string of the molecule is CCN(C)Cc1cccc(CNC(=O)c2cccnc2OC)c1. The molecule has 0 atom stereocenters. The number of nitrogens with one attached hydrogen (secondary N) is 1. The molecule has 1 amide bonds. The summed E-state index contributed by atoms with van der Waals surface area (Å²) in [6.45, 7) is 4.50. The quantitative estimate of drug-likeness (QED) is 0.853. The van der Waals surface area contributed by atoms with Crippen LogP contribution in [0.1, 0.15) is 28.4 Å². The van der Waals surface area contributed by atoms with E-state index in [0.717, 1.165) is 18.7 Å². The van der Waals surface area contributed by atoms with Crippen LogP contribution in [0.2, 0.25) is 0 Å². The van der Waals surface area contributed by atoms with Gasteiger partial charge in [-0.1, -0.05) is 31.2 Å². The number of methoxy groups -OCH3 is 1. The normalized spacial score (nSPS) is 10.6. The van der Waals surface area contributed by atoms with Gasteiger partial charge in [0.05, 0.1) is 7.11 Å². The Morgan fingerprint density at radius 3 is 2.78 bits per heavy atom. The van der Waals surface area contributed by atoms with Crippen molar-refractivity contribution in [2.75, 3.05) is 20.7 Å². The van der Waals surface area contributed by atoms with Gasteiger partial charge in [-0.15, -0.1) is 0 Å². The largest absolute Gasteiger partial charge is 0.480 e. The third-order valence-electron chi connectivity index (χ3n) is 3.65. The molecule has 0 spiro atoms. The van der Waals surface area contributed by atoms with Crippen LogP contribution in [0.4, 0.5) is 0 Å². The molecule has 0 aliphatic heterocycles. The van der Waals surface area contributed by atoms with Gasteiger partial charge in [-0.3, -0.25) is 4.79 Å². The molecule has 5 heteroatoms. The molecule has 0 bridgehead atoms. The van der Waals surface area contributed by atoms with Crippen molar-refractivity contribution in [1.29, 1.82) is 0 Å². The number of aromatic nitrogens is 1. The first-order chi connectivity index (χ1) is 11.1. The molecule has 2 aromatic rings. The Balaban J connectivity index is 2.00. The van der Waals surface area contributed by atoms with Crippen LogP contribution in [-0.4, -0.2) is 36.5 Å². The van der Waals surface area contributed by atoms with E-state index in [9.17, 15) is 4.79 Å². The first-order valence-electron chi connectivity index (χ1n) is 7.67. The molecule has 1 N–H and O–H groups in total. The number of amides is 1. The van der Waals surface area contributed by atoms with Crippen molar-refractivity contribution >= 4 is 5.91 Å². The highest BCUT2D eigenvalue weighted by atomic mass is 16.5. The summed E-state index contributed by atoms with van der Waals surface area (Å²) in [5.74, 6) is 0.148. The molecule has 0 aliphatic rings. The Morgan fingerprint density at radius 1 is 1.26 bits per heavy atom. The first kappa shape index (κ1) is 17.0. The van der Waals surface area contributed by atoms with Crippen molar-refractivity contribution in [3.05, 3.63) is 59.3 Å². The van der Waals surface area contributed by atoms with Gasteiger partial charge in [-0.05, 0) is 36.9 Å². The molecule has 2 rings (SSSR count). The molecule has 1 heterocycles. The van der Waals surface area contributed by atoms with Gasteiger partial charge in [-0.2, -0.15) is 0 Å². The summed E-state index contributed by atoms with van der Waals surface area (Å²) in [5, 5.41) is 2.91. The predicted molar refractivity (Wildman–Crippen MR) is 90.4 cm³/mol. The lowest BCUT2D eigenvalue weighted by Gasteiger charge is -2.14. The summed E-state index contributed by atoms with van der Waals surface area (Å²) in [7, 11) is 3.59. The summed E-state index contributed by atoms with van der Waals surface area (Å²) < 4.78 is 5.12. The molecular weight excluding hydrogens is 290 g/mol. The average Bonchev–Trinajstić information content (AvgIpc) is 2.59.